The number of carbonyl (C=O) groups is 2. The quantitative estimate of drug-likeness (QED) is 0.861. The van der Waals surface area contributed by atoms with Crippen LogP contribution in [0.4, 0.5) is 4.79 Å². The molecule has 20 heavy (non-hydrogen) atoms. The second-order valence-corrected chi connectivity index (χ2v) is 5.72. The van der Waals surface area contributed by atoms with Gasteiger partial charge in [0, 0.05) is 19.0 Å². The van der Waals surface area contributed by atoms with Crippen molar-refractivity contribution >= 4 is 12.0 Å². The van der Waals surface area contributed by atoms with E-state index in [0.717, 1.165) is 17.5 Å². The number of carboxylic acids is 1. The number of nitrogens with one attached hydrogen (secondary N) is 1. The van der Waals surface area contributed by atoms with Crippen LogP contribution in [0.5, 0.6) is 0 Å². The molecule has 1 saturated carbocycles. The van der Waals surface area contributed by atoms with Crippen molar-refractivity contribution in [3.05, 3.63) is 35.4 Å². The third-order valence-corrected chi connectivity index (χ3v) is 4.21. The molecule has 1 heterocycles. The van der Waals surface area contributed by atoms with E-state index < -0.39 is 12.0 Å². The molecule has 0 radical (unpaired) electrons. The zero-order valence-electron chi connectivity index (χ0n) is 11.4. The maximum atomic E-state index is 12.3. The number of fused-ring (bicyclic) bond motifs is 1. The molecule has 5 heteroatoms. The number of carboxylic acid groups (broad SMARTS) is 1. The normalized spacial score (nSPS) is 27.6. The summed E-state index contributed by atoms with van der Waals surface area (Å²) < 4.78 is 0. The number of hydrogen-bond donors (Lipinski definition) is 2. The van der Waals surface area contributed by atoms with Crippen LogP contribution in [-0.4, -0.2) is 34.1 Å². The molecule has 3 rings (SSSR count). The maximum absolute atomic E-state index is 12.3. The Morgan fingerprint density at radius 3 is 2.55 bits per heavy atom. The van der Waals surface area contributed by atoms with E-state index in [-0.39, 0.29) is 12.1 Å². The topological polar surface area (TPSA) is 69.6 Å². The van der Waals surface area contributed by atoms with Crippen LogP contribution in [0, 0.1) is 5.92 Å². The van der Waals surface area contributed by atoms with E-state index in [2.05, 4.69) is 12.2 Å². The van der Waals surface area contributed by atoms with Crippen LogP contribution in [0.15, 0.2) is 24.3 Å². The molecule has 1 aliphatic carbocycles. The van der Waals surface area contributed by atoms with Crippen LogP contribution >= 0.6 is 0 Å². The summed E-state index contributed by atoms with van der Waals surface area (Å²) in [5, 5.41) is 12.3. The van der Waals surface area contributed by atoms with Gasteiger partial charge in [0.1, 0.15) is 6.04 Å². The van der Waals surface area contributed by atoms with E-state index in [4.69, 9.17) is 0 Å². The van der Waals surface area contributed by atoms with Crippen molar-refractivity contribution in [1.82, 2.24) is 10.2 Å². The van der Waals surface area contributed by atoms with Crippen LogP contribution in [0.2, 0.25) is 0 Å². The number of aliphatic carboxylic acids is 1. The predicted octanol–water partition coefficient (Wildman–Crippen LogP) is 1.62. The van der Waals surface area contributed by atoms with E-state index >= 15 is 0 Å². The monoisotopic (exact) mass is 274 g/mol. The SMILES string of the molecule is CC1CC1NC(=O)N1Cc2ccccc2C[C@H]1C(=O)O. The van der Waals surface area contributed by atoms with Crippen molar-refractivity contribution in [2.24, 2.45) is 5.92 Å². The summed E-state index contributed by atoms with van der Waals surface area (Å²) in [6, 6.07) is 6.87. The predicted molar refractivity (Wildman–Crippen MR) is 73.2 cm³/mol. The second kappa shape index (κ2) is 4.81. The van der Waals surface area contributed by atoms with Crippen molar-refractivity contribution in [3.8, 4) is 0 Å². The van der Waals surface area contributed by atoms with E-state index in [0.29, 0.717) is 18.9 Å². The first kappa shape index (κ1) is 13.0. The van der Waals surface area contributed by atoms with Crippen molar-refractivity contribution < 1.29 is 14.7 Å². The summed E-state index contributed by atoms with van der Waals surface area (Å²) in [4.78, 5) is 25.1. The summed E-state index contributed by atoms with van der Waals surface area (Å²) in [5.41, 5.74) is 2.05. The molecular weight excluding hydrogens is 256 g/mol. The standard InChI is InChI=1S/C15H18N2O3/c1-9-6-12(9)16-15(20)17-8-11-5-3-2-4-10(11)7-13(17)14(18)19/h2-5,9,12-13H,6-8H2,1H3,(H,16,20)(H,18,19)/t9?,12?,13-/m0/s1. The number of urea groups is 1. The molecular formula is C15H18N2O3. The van der Waals surface area contributed by atoms with Gasteiger partial charge in [-0.05, 0) is 23.5 Å². The zero-order valence-corrected chi connectivity index (χ0v) is 11.4. The molecule has 106 valence electrons. The highest BCUT2D eigenvalue weighted by atomic mass is 16.4. The number of benzene rings is 1. The molecule has 3 atom stereocenters. The molecule has 2 unspecified atom stereocenters. The lowest BCUT2D eigenvalue weighted by Crippen LogP contribution is -2.52. The third kappa shape index (κ3) is 2.35. The Labute approximate surface area is 117 Å². The molecule has 1 aliphatic heterocycles. The van der Waals surface area contributed by atoms with E-state index in [1.54, 1.807) is 0 Å². The van der Waals surface area contributed by atoms with Gasteiger partial charge in [-0.25, -0.2) is 9.59 Å². The summed E-state index contributed by atoms with van der Waals surface area (Å²) in [6.07, 6.45) is 1.35. The summed E-state index contributed by atoms with van der Waals surface area (Å²) >= 11 is 0. The van der Waals surface area contributed by atoms with Gasteiger partial charge in [0.15, 0.2) is 0 Å². The molecule has 1 aromatic carbocycles. The van der Waals surface area contributed by atoms with Gasteiger partial charge in [0.05, 0.1) is 0 Å². The Morgan fingerprint density at radius 1 is 1.30 bits per heavy atom. The van der Waals surface area contributed by atoms with Crippen molar-refractivity contribution in [1.29, 1.82) is 0 Å². The Morgan fingerprint density at radius 2 is 1.95 bits per heavy atom. The van der Waals surface area contributed by atoms with Crippen molar-refractivity contribution in [2.45, 2.75) is 38.4 Å². The van der Waals surface area contributed by atoms with Crippen LogP contribution in [-0.2, 0) is 17.8 Å². The van der Waals surface area contributed by atoms with Gasteiger partial charge in [0.25, 0.3) is 0 Å². The molecule has 0 aromatic heterocycles. The lowest BCUT2D eigenvalue weighted by Gasteiger charge is -2.34. The first-order valence-electron chi connectivity index (χ1n) is 6.93. The van der Waals surface area contributed by atoms with Crippen LogP contribution in [0.3, 0.4) is 0 Å². The van der Waals surface area contributed by atoms with Gasteiger partial charge in [-0.15, -0.1) is 0 Å². The largest absolute Gasteiger partial charge is 0.480 e. The lowest BCUT2D eigenvalue weighted by molar-refractivity contribution is -0.142. The van der Waals surface area contributed by atoms with Crippen LogP contribution < -0.4 is 5.32 Å². The Kier molecular flexibility index (Phi) is 3.12. The van der Waals surface area contributed by atoms with Gasteiger partial charge in [-0.1, -0.05) is 31.2 Å². The smallest absolute Gasteiger partial charge is 0.326 e. The number of nitrogens with zero attached hydrogens (tertiary/aromatic N) is 1. The number of rotatable bonds is 2. The molecule has 0 spiro atoms. The molecule has 2 N–H and O–H groups in total. The minimum atomic E-state index is -0.946. The Balaban J connectivity index is 1.80. The molecule has 2 aliphatic rings. The van der Waals surface area contributed by atoms with Gasteiger partial charge < -0.3 is 15.3 Å². The molecule has 5 nitrogen and oxygen atoms in total. The first-order valence-corrected chi connectivity index (χ1v) is 6.93. The average Bonchev–Trinajstić information content (AvgIpc) is 3.12. The molecule has 0 bridgehead atoms. The number of hydrogen-bond acceptors (Lipinski definition) is 2. The highest BCUT2D eigenvalue weighted by Crippen LogP contribution is 2.30. The van der Waals surface area contributed by atoms with Gasteiger partial charge in [-0.2, -0.15) is 0 Å². The maximum Gasteiger partial charge on any atom is 0.326 e. The molecule has 0 saturated heterocycles. The first-order chi connectivity index (χ1) is 9.56. The van der Waals surface area contributed by atoms with E-state index in [9.17, 15) is 14.7 Å². The summed E-state index contributed by atoms with van der Waals surface area (Å²) in [5.74, 6) is -0.446. The fourth-order valence-corrected chi connectivity index (χ4v) is 2.72. The average molecular weight is 274 g/mol. The van der Waals surface area contributed by atoms with Gasteiger partial charge in [0.2, 0.25) is 0 Å². The van der Waals surface area contributed by atoms with E-state index in [1.807, 2.05) is 24.3 Å². The molecule has 2 amide bonds. The molecule has 1 aromatic rings. The highest BCUT2D eigenvalue weighted by Gasteiger charge is 2.39. The Hall–Kier alpha value is -2.04. The summed E-state index contributed by atoms with van der Waals surface area (Å²) in [7, 11) is 0. The summed E-state index contributed by atoms with van der Waals surface area (Å²) in [6.45, 7) is 2.44. The molecule has 1 fully saturated rings. The van der Waals surface area contributed by atoms with Crippen molar-refractivity contribution in [2.75, 3.05) is 0 Å². The number of carbonyl (C=O) groups excluding carboxylic acids is 1. The fourth-order valence-electron chi connectivity index (χ4n) is 2.72. The third-order valence-electron chi connectivity index (χ3n) is 4.21. The fraction of sp³-hybridized carbons (Fsp3) is 0.467. The minimum absolute atomic E-state index is 0.203. The van der Waals surface area contributed by atoms with Gasteiger partial charge >= 0.3 is 12.0 Å². The zero-order chi connectivity index (χ0) is 14.3. The van der Waals surface area contributed by atoms with E-state index in [1.165, 1.54) is 4.90 Å². The second-order valence-electron chi connectivity index (χ2n) is 5.72. The number of amides is 2. The van der Waals surface area contributed by atoms with Crippen LogP contribution in [0.1, 0.15) is 24.5 Å². The van der Waals surface area contributed by atoms with Gasteiger partial charge in [-0.3, -0.25) is 0 Å². The lowest BCUT2D eigenvalue weighted by atomic mass is 9.94. The Bertz CT molecular complexity index is 558. The van der Waals surface area contributed by atoms with Crippen LogP contribution in [0.25, 0.3) is 0 Å². The van der Waals surface area contributed by atoms with Crippen molar-refractivity contribution in [3.63, 3.8) is 0 Å². The minimum Gasteiger partial charge on any atom is -0.480 e. The highest BCUT2D eigenvalue weighted by molar-refractivity contribution is 5.84.